The Morgan fingerprint density at radius 3 is 2.21 bits per heavy atom. The average molecular weight is 594 g/mol. The molecule has 0 radical (unpaired) electrons. The van der Waals surface area contributed by atoms with Crippen LogP contribution in [0, 0.1) is 18.3 Å². The molecule has 1 saturated heterocycles. The summed E-state index contributed by atoms with van der Waals surface area (Å²) in [7, 11) is 0. The molecule has 0 amide bonds. The first kappa shape index (κ1) is 33.6. The number of anilines is 1. The molecular weight excluding hydrogens is 547 g/mol. The molecule has 1 aliphatic rings. The topological polar surface area (TPSA) is 73.8 Å². The van der Waals surface area contributed by atoms with Crippen LogP contribution in [0.4, 0.5) is 18.9 Å². The van der Waals surface area contributed by atoms with Crippen LogP contribution in [0.3, 0.4) is 0 Å². The number of carbonyl (C=O) groups excluding carboxylic acids is 1. The lowest BCUT2D eigenvalue weighted by atomic mass is 9.82. The lowest BCUT2D eigenvalue weighted by Gasteiger charge is -2.41. The monoisotopic (exact) mass is 593 g/mol. The minimum atomic E-state index is -4.74. The Balaban J connectivity index is 2.31. The number of piperidine rings is 1. The summed E-state index contributed by atoms with van der Waals surface area (Å²) >= 11 is 0. The Bertz CT molecular complexity index is 1240. The lowest BCUT2D eigenvalue weighted by Crippen LogP contribution is -2.39. The normalized spacial score (nSPS) is 16.6. The van der Waals surface area contributed by atoms with Crippen molar-refractivity contribution >= 4 is 11.7 Å². The maximum absolute atomic E-state index is 14.2. The summed E-state index contributed by atoms with van der Waals surface area (Å²) in [6.45, 7) is 20.3. The molecule has 2 aromatic rings. The van der Waals surface area contributed by atoms with Gasteiger partial charge in [-0.3, -0.25) is 4.98 Å². The highest BCUT2D eigenvalue weighted by Crippen LogP contribution is 2.45. The van der Waals surface area contributed by atoms with Crippen molar-refractivity contribution in [3.8, 4) is 17.0 Å². The first-order valence-corrected chi connectivity index (χ1v) is 14.6. The van der Waals surface area contributed by atoms with Gasteiger partial charge in [-0.2, -0.15) is 13.2 Å². The number of aryl methyl sites for hydroxylation is 1. The number of aromatic nitrogens is 2. The third kappa shape index (κ3) is 8.58. The maximum atomic E-state index is 14.2. The van der Waals surface area contributed by atoms with Crippen molar-refractivity contribution in [2.75, 3.05) is 24.6 Å². The van der Waals surface area contributed by atoms with Crippen molar-refractivity contribution in [3.63, 3.8) is 0 Å². The summed E-state index contributed by atoms with van der Waals surface area (Å²) in [6.07, 6.45) is -3.03. The van der Waals surface area contributed by atoms with Crippen LogP contribution in [0.5, 0.6) is 5.75 Å². The van der Waals surface area contributed by atoms with Gasteiger partial charge < -0.3 is 19.1 Å². The zero-order valence-corrected chi connectivity index (χ0v) is 26.6. The Morgan fingerprint density at radius 1 is 1.07 bits per heavy atom. The van der Waals surface area contributed by atoms with Gasteiger partial charge in [0.15, 0.2) is 11.8 Å². The maximum Gasteiger partial charge on any atom is 0.437 e. The van der Waals surface area contributed by atoms with Gasteiger partial charge in [0.1, 0.15) is 5.75 Å². The highest BCUT2D eigenvalue weighted by molar-refractivity contribution is 5.86. The molecule has 0 spiro atoms. The minimum absolute atomic E-state index is 0.0370. The third-order valence-corrected chi connectivity index (χ3v) is 6.99. The van der Waals surface area contributed by atoms with Gasteiger partial charge in [-0.25, -0.2) is 9.78 Å². The highest BCUT2D eigenvalue weighted by atomic mass is 19.4. The molecule has 7 nitrogen and oxygen atoms in total. The molecule has 0 aliphatic carbocycles. The molecule has 1 fully saturated rings. The molecule has 1 aliphatic heterocycles. The number of hydrogen-bond acceptors (Lipinski definition) is 7. The number of rotatable bonds is 9. The summed E-state index contributed by atoms with van der Waals surface area (Å²) in [6, 6.07) is 2.83. The Morgan fingerprint density at radius 2 is 1.69 bits per heavy atom. The van der Waals surface area contributed by atoms with Gasteiger partial charge in [-0.05, 0) is 77.8 Å². The standard InChI is InChI=1S/C32H46F3N3O4/c1-19(2)18-40-24-12-11-23(37-28(24)32(33,34)35)22-17-36-21(5)25(26(22)38-15-13-31(9,10)14-16-38)27(42-30(6,7)8)29(39)41-20(3)4/h11-12,17,19-20,27H,13-16,18H2,1-10H3/t27-/m0/s1. The molecule has 234 valence electrons. The van der Waals surface area contributed by atoms with Gasteiger partial charge in [0.05, 0.1) is 29.7 Å². The van der Waals surface area contributed by atoms with E-state index in [1.165, 1.54) is 18.3 Å². The van der Waals surface area contributed by atoms with E-state index >= 15 is 0 Å². The SMILES string of the molecule is Cc1ncc(-c2ccc(OCC(C)C)c(C(F)(F)F)n2)c(N2CCC(C)(C)CC2)c1[C@H](OC(C)(C)C)C(=O)OC(C)C. The number of carbonyl (C=O) groups is 1. The van der Waals surface area contributed by atoms with Crippen molar-refractivity contribution in [1.82, 2.24) is 9.97 Å². The number of hydrogen-bond donors (Lipinski definition) is 0. The minimum Gasteiger partial charge on any atom is -0.491 e. The summed E-state index contributed by atoms with van der Waals surface area (Å²) < 4.78 is 60.2. The van der Waals surface area contributed by atoms with Crippen molar-refractivity contribution in [2.24, 2.45) is 11.3 Å². The van der Waals surface area contributed by atoms with Crippen molar-refractivity contribution in [2.45, 2.75) is 106 Å². The number of esters is 1. The smallest absolute Gasteiger partial charge is 0.437 e. The van der Waals surface area contributed by atoms with Crippen LogP contribution >= 0.6 is 0 Å². The first-order valence-electron chi connectivity index (χ1n) is 14.6. The molecule has 0 unspecified atom stereocenters. The fraction of sp³-hybridized carbons (Fsp3) is 0.656. The third-order valence-electron chi connectivity index (χ3n) is 6.99. The molecule has 42 heavy (non-hydrogen) atoms. The number of pyridine rings is 2. The van der Waals surface area contributed by atoms with Gasteiger partial charge in [0.2, 0.25) is 0 Å². The van der Waals surface area contributed by atoms with Gasteiger partial charge in [0.25, 0.3) is 0 Å². The van der Waals surface area contributed by atoms with Crippen molar-refractivity contribution < 1.29 is 32.2 Å². The van der Waals surface area contributed by atoms with Crippen molar-refractivity contribution in [3.05, 3.63) is 35.3 Å². The molecule has 1 atom stereocenters. The van der Waals surface area contributed by atoms with E-state index in [1.54, 1.807) is 20.8 Å². The first-order chi connectivity index (χ1) is 19.3. The van der Waals surface area contributed by atoms with Crippen LogP contribution < -0.4 is 9.64 Å². The Labute approximate surface area is 248 Å². The van der Waals surface area contributed by atoms with E-state index in [1.807, 2.05) is 34.6 Å². The fourth-order valence-electron chi connectivity index (χ4n) is 4.83. The van der Waals surface area contributed by atoms with E-state index in [0.29, 0.717) is 35.6 Å². The molecule has 0 bridgehead atoms. The van der Waals surface area contributed by atoms with Crippen molar-refractivity contribution in [1.29, 1.82) is 0 Å². The van der Waals surface area contributed by atoms with E-state index in [9.17, 15) is 18.0 Å². The van der Waals surface area contributed by atoms with E-state index in [2.05, 4.69) is 28.7 Å². The largest absolute Gasteiger partial charge is 0.491 e. The van der Waals surface area contributed by atoms with Gasteiger partial charge in [-0.1, -0.05) is 27.7 Å². The number of ether oxygens (including phenoxy) is 3. The number of halogens is 3. The summed E-state index contributed by atoms with van der Waals surface area (Å²) in [5, 5.41) is 0. The number of alkyl halides is 3. The molecule has 10 heteroatoms. The summed E-state index contributed by atoms with van der Waals surface area (Å²) in [5.41, 5.74) is 0.329. The number of nitrogens with zero attached hydrogens (tertiary/aromatic N) is 3. The fourth-order valence-corrected chi connectivity index (χ4v) is 4.83. The predicted octanol–water partition coefficient (Wildman–Crippen LogP) is 7.94. The van der Waals surface area contributed by atoms with E-state index in [-0.39, 0.29) is 29.4 Å². The van der Waals surface area contributed by atoms with Crippen LogP contribution in [-0.4, -0.2) is 47.3 Å². The molecule has 3 rings (SSSR count). The second-order valence-corrected chi connectivity index (χ2v) is 13.5. The quantitative estimate of drug-likeness (QED) is 0.273. The van der Waals surface area contributed by atoms with E-state index in [0.717, 1.165) is 12.8 Å². The lowest BCUT2D eigenvalue weighted by molar-refractivity contribution is -0.171. The van der Waals surface area contributed by atoms with Crippen LogP contribution in [0.25, 0.3) is 11.3 Å². The highest BCUT2D eigenvalue weighted by Gasteiger charge is 2.39. The van der Waals surface area contributed by atoms with Crippen LogP contribution in [-0.2, 0) is 20.4 Å². The van der Waals surface area contributed by atoms with E-state index < -0.39 is 35.6 Å². The van der Waals surface area contributed by atoms with Crippen LogP contribution in [0.1, 0.15) is 98.2 Å². The second kappa shape index (κ2) is 12.8. The van der Waals surface area contributed by atoms with Crippen LogP contribution in [0.2, 0.25) is 0 Å². The zero-order chi connectivity index (χ0) is 31.6. The second-order valence-electron chi connectivity index (χ2n) is 13.5. The van der Waals surface area contributed by atoms with E-state index in [4.69, 9.17) is 14.2 Å². The predicted molar refractivity (Wildman–Crippen MR) is 158 cm³/mol. The molecule has 0 saturated carbocycles. The van der Waals surface area contributed by atoms with Crippen LogP contribution in [0.15, 0.2) is 18.3 Å². The van der Waals surface area contributed by atoms with Gasteiger partial charge >= 0.3 is 12.1 Å². The molecule has 0 N–H and O–H groups in total. The van der Waals surface area contributed by atoms with Gasteiger partial charge in [-0.15, -0.1) is 0 Å². The Kier molecular flexibility index (Phi) is 10.2. The summed E-state index contributed by atoms with van der Waals surface area (Å²) in [4.78, 5) is 24.3. The molecule has 2 aromatic heterocycles. The Hall–Kier alpha value is -2.88. The average Bonchev–Trinajstić information content (AvgIpc) is 2.84. The summed E-state index contributed by atoms with van der Waals surface area (Å²) in [5.74, 6) is -0.868. The molecular formula is C32H46F3N3O4. The molecule has 0 aromatic carbocycles. The zero-order valence-electron chi connectivity index (χ0n) is 26.6. The molecule has 3 heterocycles. The van der Waals surface area contributed by atoms with Gasteiger partial charge in [0, 0.05) is 36.1 Å².